The van der Waals surface area contributed by atoms with Gasteiger partial charge in [0.1, 0.15) is 5.82 Å². The second-order valence-electron chi connectivity index (χ2n) is 4.90. The first-order valence-corrected chi connectivity index (χ1v) is 6.58. The number of aryl methyl sites for hydroxylation is 1. The number of hydrogen-bond acceptors (Lipinski definition) is 4. The van der Waals surface area contributed by atoms with E-state index in [2.05, 4.69) is 32.3 Å². The van der Waals surface area contributed by atoms with Gasteiger partial charge in [0, 0.05) is 12.6 Å². The van der Waals surface area contributed by atoms with Crippen molar-refractivity contribution in [3.63, 3.8) is 0 Å². The van der Waals surface area contributed by atoms with E-state index in [-0.39, 0.29) is 11.7 Å². The number of amides is 1. The highest BCUT2D eigenvalue weighted by molar-refractivity contribution is 5.90. The molecule has 1 aliphatic heterocycles. The predicted octanol–water partition coefficient (Wildman–Crippen LogP) is 0.717. The van der Waals surface area contributed by atoms with E-state index in [4.69, 9.17) is 0 Å². The molecule has 0 saturated carbocycles. The number of piperidine rings is 1. The number of H-pyrrole nitrogens is 1. The highest BCUT2D eigenvalue weighted by Gasteiger charge is 2.18. The van der Waals surface area contributed by atoms with Crippen molar-refractivity contribution in [2.75, 3.05) is 19.6 Å². The van der Waals surface area contributed by atoms with Crippen LogP contribution in [-0.2, 0) is 0 Å². The average molecular weight is 251 g/mol. The summed E-state index contributed by atoms with van der Waals surface area (Å²) in [5.41, 5.74) is 0. The van der Waals surface area contributed by atoms with Crippen LogP contribution in [0.15, 0.2) is 0 Å². The van der Waals surface area contributed by atoms with Crippen molar-refractivity contribution in [1.82, 2.24) is 25.4 Å². The Bertz CT molecular complexity index is 397. The molecule has 0 spiro atoms. The molecule has 2 rings (SSSR count). The van der Waals surface area contributed by atoms with E-state index in [1.165, 1.54) is 19.3 Å². The number of aromatic nitrogens is 3. The molecule has 1 aromatic heterocycles. The van der Waals surface area contributed by atoms with Crippen molar-refractivity contribution in [3.05, 3.63) is 11.6 Å². The first-order chi connectivity index (χ1) is 8.66. The minimum atomic E-state index is -0.205. The third kappa shape index (κ3) is 3.29. The summed E-state index contributed by atoms with van der Waals surface area (Å²) in [6, 6.07) is 0.370. The molecule has 2 N–H and O–H groups in total. The third-order valence-electron chi connectivity index (χ3n) is 3.37. The maximum atomic E-state index is 11.8. The molecule has 1 atom stereocenters. The highest BCUT2D eigenvalue weighted by atomic mass is 16.2. The molecule has 0 aliphatic carbocycles. The fourth-order valence-electron chi connectivity index (χ4n) is 2.25. The summed E-state index contributed by atoms with van der Waals surface area (Å²) < 4.78 is 0. The van der Waals surface area contributed by atoms with Crippen molar-refractivity contribution in [2.45, 2.75) is 39.2 Å². The van der Waals surface area contributed by atoms with Crippen LogP contribution in [0.2, 0.25) is 0 Å². The number of carbonyl (C=O) groups excluding carboxylic acids is 1. The predicted molar refractivity (Wildman–Crippen MR) is 68.3 cm³/mol. The maximum Gasteiger partial charge on any atom is 0.291 e. The van der Waals surface area contributed by atoms with E-state index in [1.807, 2.05) is 0 Å². The van der Waals surface area contributed by atoms with Gasteiger partial charge in [-0.2, -0.15) is 0 Å². The summed E-state index contributed by atoms with van der Waals surface area (Å²) in [5, 5.41) is 9.40. The molecule has 1 amide bonds. The first-order valence-electron chi connectivity index (χ1n) is 6.58. The number of aromatic amines is 1. The van der Waals surface area contributed by atoms with Crippen LogP contribution < -0.4 is 5.32 Å². The van der Waals surface area contributed by atoms with Crippen LogP contribution in [0.25, 0.3) is 0 Å². The van der Waals surface area contributed by atoms with E-state index in [1.54, 1.807) is 6.92 Å². The van der Waals surface area contributed by atoms with Gasteiger partial charge < -0.3 is 5.32 Å². The standard InChI is InChI=1S/C12H21N5O/c1-9(17-6-4-3-5-7-17)8-13-12(18)11-14-10(2)15-16-11/h9H,3-8H2,1-2H3,(H,13,18)(H,14,15,16). The lowest BCUT2D eigenvalue weighted by Gasteiger charge is -2.32. The normalized spacial score (nSPS) is 18.6. The Morgan fingerprint density at radius 2 is 2.17 bits per heavy atom. The lowest BCUT2D eigenvalue weighted by atomic mass is 10.1. The van der Waals surface area contributed by atoms with Gasteiger partial charge in [-0.25, -0.2) is 4.98 Å². The van der Waals surface area contributed by atoms with Gasteiger partial charge in [0.05, 0.1) is 0 Å². The zero-order valence-electron chi connectivity index (χ0n) is 11.1. The van der Waals surface area contributed by atoms with Crippen molar-refractivity contribution in [1.29, 1.82) is 0 Å². The van der Waals surface area contributed by atoms with Crippen molar-refractivity contribution in [3.8, 4) is 0 Å². The third-order valence-corrected chi connectivity index (χ3v) is 3.37. The largest absolute Gasteiger partial charge is 0.348 e. The number of rotatable bonds is 4. The summed E-state index contributed by atoms with van der Waals surface area (Å²) in [4.78, 5) is 18.2. The summed E-state index contributed by atoms with van der Waals surface area (Å²) in [5.74, 6) is 0.672. The average Bonchev–Trinajstić information content (AvgIpc) is 2.83. The van der Waals surface area contributed by atoms with Gasteiger partial charge in [0.15, 0.2) is 0 Å². The number of hydrogen-bond donors (Lipinski definition) is 2. The summed E-state index contributed by atoms with van der Waals surface area (Å²) >= 11 is 0. The summed E-state index contributed by atoms with van der Waals surface area (Å²) in [7, 11) is 0. The van der Waals surface area contributed by atoms with Gasteiger partial charge in [0.2, 0.25) is 5.82 Å². The Hall–Kier alpha value is -1.43. The van der Waals surface area contributed by atoms with E-state index in [0.29, 0.717) is 18.4 Å². The van der Waals surface area contributed by atoms with Crippen LogP contribution in [-0.4, -0.2) is 51.7 Å². The minimum Gasteiger partial charge on any atom is -0.348 e. The van der Waals surface area contributed by atoms with Crippen LogP contribution in [0.1, 0.15) is 42.6 Å². The Morgan fingerprint density at radius 1 is 1.44 bits per heavy atom. The fraction of sp³-hybridized carbons (Fsp3) is 0.750. The Kier molecular flexibility index (Phi) is 4.30. The molecular weight excluding hydrogens is 230 g/mol. The molecule has 0 aromatic carbocycles. The van der Waals surface area contributed by atoms with Crippen molar-refractivity contribution < 1.29 is 4.79 Å². The quantitative estimate of drug-likeness (QED) is 0.827. The molecule has 100 valence electrons. The van der Waals surface area contributed by atoms with Gasteiger partial charge in [0.25, 0.3) is 5.91 Å². The van der Waals surface area contributed by atoms with Crippen LogP contribution in [0.3, 0.4) is 0 Å². The molecule has 1 fully saturated rings. The summed E-state index contributed by atoms with van der Waals surface area (Å²) in [6.07, 6.45) is 3.85. The Balaban J connectivity index is 1.78. The smallest absolute Gasteiger partial charge is 0.291 e. The van der Waals surface area contributed by atoms with E-state index >= 15 is 0 Å². The molecule has 2 heterocycles. The van der Waals surface area contributed by atoms with Gasteiger partial charge in [-0.05, 0) is 39.8 Å². The molecule has 0 bridgehead atoms. The first kappa shape index (κ1) is 13.0. The van der Waals surface area contributed by atoms with E-state index < -0.39 is 0 Å². The summed E-state index contributed by atoms with van der Waals surface area (Å²) in [6.45, 7) is 6.84. The van der Waals surface area contributed by atoms with Gasteiger partial charge in [-0.3, -0.25) is 14.8 Å². The fourth-order valence-corrected chi connectivity index (χ4v) is 2.25. The number of nitrogens with zero attached hydrogens (tertiary/aromatic N) is 3. The highest BCUT2D eigenvalue weighted by Crippen LogP contribution is 2.11. The number of nitrogens with one attached hydrogen (secondary N) is 2. The van der Waals surface area contributed by atoms with Crippen LogP contribution in [0.4, 0.5) is 0 Å². The van der Waals surface area contributed by atoms with Gasteiger partial charge in [-0.15, -0.1) is 5.10 Å². The lowest BCUT2D eigenvalue weighted by Crippen LogP contribution is -2.44. The molecular formula is C12H21N5O. The second kappa shape index (κ2) is 5.95. The second-order valence-corrected chi connectivity index (χ2v) is 4.90. The van der Waals surface area contributed by atoms with E-state index in [9.17, 15) is 4.79 Å². The lowest BCUT2D eigenvalue weighted by molar-refractivity contribution is 0.0920. The zero-order valence-corrected chi connectivity index (χ0v) is 11.1. The number of carbonyl (C=O) groups is 1. The monoisotopic (exact) mass is 251 g/mol. The van der Waals surface area contributed by atoms with Crippen LogP contribution >= 0.6 is 0 Å². The zero-order chi connectivity index (χ0) is 13.0. The Labute approximate surface area is 107 Å². The maximum absolute atomic E-state index is 11.8. The molecule has 6 heteroatoms. The van der Waals surface area contributed by atoms with Crippen LogP contribution in [0.5, 0.6) is 0 Å². The van der Waals surface area contributed by atoms with Gasteiger partial charge in [-0.1, -0.05) is 6.42 Å². The molecule has 18 heavy (non-hydrogen) atoms. The number of likely N-dealkylation sites (tertiary alicyclic amines) is 1. The van der Waals surface area contributed by atoms with Crippen molar-refractivity contribution in [2.24, 2.45) is 0 Å². The van der Waals surface area contributed by atoms with Crippen LogP contribution in [0, 0.1) is 6.92 Å². The van der Waals surface area contributed by atoms with Crippen molar-refractivity contribution >= 4 is 5.91 Å². The minimum absolute atomic E-state index is 0.205. The molecule has 1 unspecified atom stereocenters. The molecule has 1 aromatic rings. The molecule has 6 nitrogen and oxygen atoms in total. The molecule has 1 saturated heterocycles. The molecule has 0 radical (unpaired) electrons. The van der Waals surface area contributed by atoms with Gasteiger partial charge >= 0.3 is 0 Å². The molecule has 1 aliphatic rings. The topological polar surface area (TPSA) is 73.9 Å². The Morgan fingerprint density at radius 3 is 2.78 bits per heavy atom. The van der Waals surface area contributed by atoms with E-state index in [0.717, 1.165) is 13.1 Å². The SMILES string of the molecule is Cc1nc(C(=O)NCC(C)N2CCCCC2)n[nH]1.